The van der Waals surface area contributed by atoms with Crippen molar-refractivity contribution in [3.05, 3.63) is 82.8 Å². The number of nitrogens with one attached hydrogen (secondary N) is 1. The van der Waals surface area contributed by atoms with Crippen molar-refractivity contribution in [1.29, 1.82) is 0 Å². The number of benzene rings is 1. The number of thiazole rings is 1. The summed E-state index contributed by atoms with van der Waals surface area (Å²) >= 11 is 3.85. The van der Waals surface area contributed by atoms with Gasteiger partial charge in [0.2, 0.25) is 0 Å². The van der Waals surface area contributed by atoms with E-state index in [9.17, 15) is 29.4 Å². The predicted octanol–water partition coefficient (Wildman–Crippen LogP) is 1.96. The van der Waals surface area contributed by atoms with Crippen LogP contribution in [0.3, 0.4) is 0 Å². The van der Waals surface area contributed by atoms with E-state index in [2.05, 4.69) is 15.5 Å². The highest BCUT2D eigenvalue weighted by atomic mass is 32.2. The number of carboxylic acid groups (broad SMARTS) is 2. The van der Waals surface area contributed by atoms with E-state index in [0.29, 0.717) is 22.6 Å². The van der Waals surface area contributed by atoms with Crippen molar-refractivity contribution in [1.82, 2.24) is 15.2 Å². The molecule has 1 unspecified atom stereocenters. The number of oxime groups is 1. The normalized spacial score (nSPS) is 18.7. The lowest BCUT2D eigenvalue weighted by Crippen LogP contribution is -2.71. The average Bonchev–Trinajstić information content (AvgIpc) is 3.45. The van der Waals surface area contributed by atoms with Crippen LogP contribution in [0.4, 0.5) is 5.13 Å². The van der Waals surface area contributed by atoms with Crippen LogP contribution >= 0.6 is 34.9 Å². The maximum Gasteiger partial charge on any atom is 0.378 e. The van der Waals surface area contributed by atoms with E-state index in [-0.39, 0.29) is 28.8 Å². The molecule has 1 saturated heterocycles. The Balaban J connectivity index is 1.27. The van der Waals surface area contributed by atoms with Gasteiger partial charge in [-0.15, -0.1) is 34.9 Å². The van der Waals surface area contributed by atoms with E-state index in [0.717, 1.165) is 16.2 Å². The van der Waals surface area contributed by atoms with Crippen LogP contribution in [0.25, 0.3) is 0 Å². The maximum absolute atomic E-state index is 13.2. The number of aromatic nitrogens is 2. The number of β-lactam (4-membered cyclic amide) rings is 1. The molecule has 16 heteroatoms. The number of carbonyl (C=O) groups excluding carboxylic acids is 2. The molecule has 4 heterocycles. The topological polar surface area (TPSA) is 188 Å². The second-order valence-corrected chi connectivity index (χ2v) is 12.5. The molecule has 2 aliphatic rings. The number of anilines is 1. The van der Waals surface area contributed by atoms with Crippen molar-refractivity contribution in [3.8, 4) is 0 Å². The summed E-state index contributed by atoms with van der Waals surface area (Å²) in [5, 5.41) is 27.5. The number of hydrogen-bond acceptors (Lipinski definition) is 11. The van der Waals surface area contributed by atoms with Gasteiger partial charge in [0.05, 0.1) is 0 Å². The second-order valence-electron chi connectivity index (χ2n) is 9.47. The first-order valence-electron chi connectivity index (χ1n) is 13.2. The molecule has 2 aromatic heterocycles. The highest BCUT2D eigenvalue weighted by molar-refractivity contribution is 8.01. The molecule has 44 heavy (non-hydrogen) atoms. The number of hydrogen-bond donors (Lipinski definition) is 4. The number of aliphatic carboxylic acids is 2. The van der Waals surface area contributed by atoms with Crippen LogP contribution in [-0.4, -0.2) is 79.1 Å². The summed E-state index contributed by atoms with van der Waals surface area (Å²) < 4.78 is 1.59. The summed E-state index contributed by atoms with van der Waals surface area (Å²) in [5.74, 6) is -2.85. The highest BCUT2D eigenvalue weighted by Crippen LogP contribution is 2.41. The lowest BCUT2D eigenvalue weighted by Gasteiger charge is -2.49. The number of pyridine rings is 1. The highest BCUT2D eigenvalue weighted by Gasteiger charge is 2.54. The minimum atomic E-state index is -1.24. The monoisotopic (exact) mass is 655 g/mol. The first kappa shape index (κ1) is 31.0. The fourth-order valence-electron chi connectivity index (χ4n) is 4.67. The molecule has 1 aromatic carbocycles. The standard InChI is InChI=1S/C28H26N6O7S3/c1-2-41-32-19(18-14-44-28(29)30-18)23(35)31-20-24(36)34-22(27(39)40)16(13-43-25(20)34)12-42-17-8-10-33(11-9-17)21(26(37)38)15-6-4-3-5-7-15/h3-11,14,20-21,25H,2,12-13H2,1H3,(H4-,29,30,31,35,37,38,39,40)/p+1/t20-,21?,25-/m1/s1. The van der Waals surface area contributed by atoms with Crippen LogP contribution in [-0.2, 0) is 24.0 Å². The van der Waals surface area contributed by atoms with E-state index in [1.165, 1.54) is 28.4 Å². The molecule has 2 amide bonds. The van der Waals surface area contributed by atoms with Crippen LogP contribution in [0.1, 0.15) is 24.2 Å². The third-order valence-electron chi connectivity index (χ3n) is 6.68. The molecule has 2 aliphatic heterocycles. The van der Waals surface area contributed by atoms with Gasteiger partial charge in [-0.3, -0.25) is 14.5 Å². The van der Waals surface area contributed by atoms with Crippen molar-refractivity contribution in [2.75, 3.05) is 23.8 Å². The van der Waals surface area contributed by atoms with Crippen molar-refractivity contribution in [2.45, 2.75) is 29.3 Å². The average molecular weight is 656 g/mol. The van der Waals surface area contributed by atoms with Gasteiger partial charge >= 0.3 is 11.9 Å². The van der Waals surface area contributed by atoms with Crippen LogP contribution in [0.15, 0.2) is 81.6 Å². The second kappa shape index (κ2) is 13.5. The molecule has 3 atom stereocenters. The molecule has 5 N–H and O–H groups in total. The Morgan fingerprint density at radius 3 is 2.57 bits per heavy atom. The third kappa shape index (κ3) is 6.41. The third-order valence-corrected chi connectivity index (χ3v) is 9.80. The number of nitrogens with two attached hydrogens (primary N) is 1. The lowest BCUT2D eigenvalue weighted by molar-refractivity contribution is -0.702. The Kier molecular flexibility index (Phi) is 9.51. The number of nitrogen functional groups attached to an aromatic ring is 1. The van der Waals surface area contributed by atoms with Crippen molar-refractivity contribution in [3.63, 3.8) is 0 Å². The van der Waals surface area contributed by atoms with Crippen molar-refractivity contribution in [2.24, 2.45) is 5.16 Å². The van der Waals surface area contributed by atoms with E-state index in [1.54, 1.807) is 65.7 Å². The SMILES string of the molecule is CCON=C(C(=O)N[C@@H]1C(=O)N2C(C(=O)O)=C(CSc3cc[n+](C(C(=O)O)c4ccccc4)cc3)CS[C@H]12)c1csc(N)n1. The fourth-order valence-corrected chi connectivity index (χ4v) is 7.59. The lowest BCUT2D eigenvalue weighted by atomic mass is 10.0. The fraction of sp³-hybridized carbons (Fsp3) is 0.250. The van der Waals surface area contributed by atoms with Gasteiger partial charge < -0.3 is 26.1 Å². The first-order chi connectivity index (χ1) is 21.2. The summed E-state index contributed by atoms with van der Waals surface area (Å²) in [4.78, 5) is 61.6. The molecule has 228 valence electrons. The van der Waals surface area contributed by atoms with E-state index in [1.807, 2.05) is 6.07 Å². The van der Waals surface area contributed by atoms with Crippen molar-refractivity contribution < 1.29 is 38.8 Å². The van der Waals surface area contributed by atoms with Gasteiger partial charge in [-0.2, -0.15) is 4.57 Å². The maximum atomic E-state index is 13.2. The van der Waals surface area contributed by atoms with E-state index in [4.69, 9.17) is 10.6 Å². The van der Waals surface area contributed by atoms with Gasteiger partial charge in [-0.05, 0) is 12.5 Å². The van der Waals surface area contributed by atoms with Crippen LogP contribution in [0, 0.1) is 0 Å². The molecule has 0 spiro atoms. The Labute approximate surface area is 263 Å². The van der Waals surface area contributed by atoms with Gasteiger partial charge in [-0.1, -0.05) is 35.5 Å². The molecule has 5 rings (SSSR count). The molecule has 13 nitrogen and oxygen atoms in total. The predicted molar refractivity (Wildman–Crippen MR) is 164 cm³/mol. The Morgan fingerprint density at radius 2 is 1.95 bits per heavy atom. The van der Waals surface area contributed by atoms with Gasteiger partial charge in [0.15, 0.2) is 23.2 Å². The van der Waals surface area contributed by atoms with Gasteiger partial charge in [-0.25, -0.2) is 14.6 Å². The molecule has 0 bridgehead atoms. The minimum absolute atomic E-state index is 0.103. The molecular weight excluding hydrogens is 629 g/mol. The zero-order chi connectivity index (χ0) is 31.4. The minimum Gasteiger partial charge on any atom is -0.477 e. The summed E-state index contributed by atoms with van der Waals surface area (Å²) in [6, 6.07) is 10.6. The molecule has 0 radical (unpaired) electrons. The van der Waals surface area contributed by atoms with Crippen LogP contribution in [0.2, 0.25) is 0 Å². The van der Waals surface area contributed by atoms with E-state index >= 15 is 0 Å². The number of fused-ring (bicyclic) bond motifs is 1. The summed E-state index contributed by atoms with van der Waals surface area (Å²) in [6.45, 7) is 1.91. The number of amides is 2. The summed E-state index contributed by atoms with van der Waals surface area (Å²) in [5.41, 5.74) is 6.85. The van der Waals surface area contributed by atoms with Gasteiger partial charge in [0.1, 0.15) is 29.4 Å². The van der Waals surface area contributed by atoms with Gasteiger partial charge in [0.25, 0.3) is 17.9 Å². The Morgan fingerprint density at radius 1 is 1.23 bits per heavy atom. The molecular formula is C28H27N6O7S3+. The molecule has 0 saturated carbocycles. The Bertz CT molecular complexity index is 1640. The van der Waals surface area contributed by atoms with E-state index < -0.39 is 41.2 Å². The van der Waals surface area contributed by atoms with Gasteiger partial charge in [0, 0.05) is 39.5 Å². The smallest absolute Gasteiger partial charge is 0.378 e. The quantitative estimate of drug-likeness (QED) is 0.0734. The number of rotatable bonds is 12. The summed E-state index contributed by atoms with van der Waals surface area (Å²) in [6.07, 6.45) is 3.34. The Hall–Kier alpha value is -4.41. The van der Waals surface area contributed by atoms with Crippen molar-refractivity contribution >= 4 is 69.5 Å². The van der Waals surface area contributed by atoms with Crippen LogP contribution < -0.4 is 15.6 Å². The number of carbonyl (C=O) groups is 4. The number of nitrogens with zero attached hydrogens (tertiary/aromatic N) is 4. The number of carboxylic acids is 2. The molecule has 3 aromatic rings. The largest absolute Gasteiger partial charge is 0.477 e. The number of thioether (sulfide) groups is 2. The molecule has 0 aliphatic carbocycles. The zero-order valence-electron chi connectivity index (χ0n) is 23.2. The zero-order valence-corrected chi connectivity index (χ0v) is 25.6. The summed E-state index contributed by atoms with van der Waals surface area (Å²) in [7, 11) is 0. The molecule has 1 fully saturated rings. The first-order valence-corrected chi connectivity index (χ1v) is 16.1. The van der Waals surface area contributed by atoms with Crippen LogP contribution in [0.5, 0.6) is 0 Å².